The quantitative estimate of drug-likeness (QED) is 0.174. The van der Waals surface area contributed by atoms with E-state index in [0.717, 1.165) is 94.1 Å². The molecule has 0 saturated carbocycles. The van der Waals surface area contributed by atoms with Gasteiger partial charge in [0.15, 0.2) is 0 Å². The Balaban J connectivity index is 1.29. The maximum absolute atomic E-state index is 5.39. The molecule has 3 aromatic heterocycles. The Kier molecular flexibility index (Phi) is 6.78. The zero-order chi connectivity index (χ0) is 33.7. The normalized spacial score (nSPS) is 11.5. The fraction of sp³-hybridized carbons (Fsp3) is 0. The Hall–Kier alpha value is -6.91. The zero-order valence-corrected chi connectivity index (χ0v) is 27.6. The molecule has 0 unspecified atom stereocenters. The molecule has 10 rings (SSSR count). The molecule has 0 spiro atoms. The van der Waals surface area contributed by atoms with Crippen LogP contribution in [0.15, 0.2) is 182 Å². The SMILES string of the molecule is c1ccc(-c2ccc3ccc4ccc(-c5cccc6c5cc(-c5ccccc5)c5c(-c7ccccc7)nn(-c7ccccc7)c56)nc4c3n2)cc1. The third-order valence-electron chi connectivity index (χ3n) is 9.80. The number of hydrogen-bond donors (Lipinski definition) is 0. The van der Waals surface area contributed by atoms with Crippen molar-refractivity contribution in [2.45, 2.75) is 0 Å². The van der Waals surface area contributed by atoms with Gasteiger partial charge in [-0.2, -0.15) is 5.10 Å². The molecule has 3 heterocycles. The van der Waals surface area contributed by atoms with Crippen molar-refractivity contribution in [2.75, 3.05) is 0 Å². The second-order valence-corrected chi connectivity index (χ2v) is 12.8. The Morgan fingerprint density at radius 2 is 0.941 bits per heavy atom. The summed E-state index contributed by atoms with van der Waals surface area (Å²) < 4.78 is 2.12. The van der Waals surface area contributed by atoms with Crippen LogP contribution in [0.5, 0.6) is 0 Å². The fourth-order valence-electron chi connectivity index (χ4n) is 7.38. The van der Waals surface area contributed by atoms with Gasteiger partial charge in [-0.15, -0.1) is 0 Å². The van der Waals surface area contributed by atoms with Crippen LogP contribution in [-0.4, -0.2) is 19.7 Å². The smallest absolute Gasteiger partial charge is 0.101 e. The molecule has 7 aromatic carbocycles. The van der Waals surface area contributed by atoms with E-state index in [4.69, 9.17) is 15.1 Å². The lowest BCUT2D eigenvalue weighted by Crippen LogP contribution is -1.97. The fourth-order valence-corrected chi connectivity index (χ4v) is 7.38. The van der Waals surface area contributed by atoms with Gasteiger partial charge in [0.25, 0.3) is 0 Å². The largest absolute Gasteiger partial charge is 0.245 e. The minimum atomic E-state index is 0.893. The van der Waals surface area contributed by atoms with E-state index in [9.17, 15) is 0 Å². The van der Waals surface area contributed by atoms with Gasteiger partial charge < -0.3 is 0 Å². The second kappa shape index (κ2) is 11.9. The van der Waals surface area contributed by atoms with Crippen LogP contribution in [0.25, 0.3) is 94.1 Å². The van der Waals surface area contributed by atoms with Crippen molar-refractivity contribution in [2.24, 2.45) is 0 Å². The van der Waals surface area contributed by atoms with Crippen molar-refractivity contribution in [3.8, 4) is 50.6 Å². The summed E-state index contributed by atoms with van der Waals surface area (Å²) in [5, 5.41) is 10.9. The highest BCUT2D eigenvalue weighted by atomic mass is 15.3. The van der Waals surface area contributed by atoms with Crippen LogP contribution in [0.2, 0.25) is 0 Å². The summed E-state index contributed by atoms with van der Waals surface area (Å²) in [6.07, 6.45) is 0. The van der Waals surface area contributed by atoms with Gasteiger partial charge in [-0.3, -0.25) is 0 Å². The van der Waals surface area contributed by atoms with Crippen molar-refractivity contribution < 1.29 is 0 Å². The van der Waals surface area contributed by atoms with Crippen LogP contribution in [-0.2, 0) is 0 Å². The van der Waals surface area contributed by atoms with Gasteiger partial charge in [-0.1, -0.05) is 152 Å². The van der Waals surface area contributed by atoms with E-state index in [1.807, 2.05) is 12.1 Å². The topological polar surface area (TPSA) is 43.6 Å². The summed E-state index contributed by atoms with van der Waals surface area (Å²) >= 11 is 0. The van der Waals surface area contributed by atoms with Crippen LogP contribution in [0, 0.1) is 0 Å². The molecule has 0 saturated heterocycles. The number of hydrogen-bond acceptors (Lipinski definition) is 3. The van der Waals surface area contributed by atoms with Gasteiger partial charge in [0.1, 0.15) is 5.69 Å². The van der Waals surface area contributed by atoms with E-state index in [2.05, 4.69) is 175 Å². The van der Waals surface area contributed by atoms with Gasteiger partial charge >= 0.3 is 0 Å². The van der Waals surface area contributed by atoms with Crippen molar-refractivity contribution in [1.29, 1.82) is 0 Å². The maximum atomic E-state index is 5.39. The summed E-state index contributed by atoms with van der Waals surface area (Å²) in [5.41, 5.74) is 12.2. The summed E-state index contributed by atoms with van der Waals surface area (Å²) in [4.78, 5) is 10.6. The highest BCUT2D eigenvalue weighted by Crippen LogP contribution is 2.44. The van der Waals surface area contributed by atoms with Crippen molar-refractivity contribution in [3.63, 3.8) is 0 Å². The summed E-state index contributed by atoms with van der Waals surface area (Å²) in [5.74, 6) is 0. The van der Waals surface area contributed by atoms with Crippen molar-refractivity contribution in [1.82, 2.24) is 19.7 Å². The third kappa shape index (κ3) is 4.88. The third-order valence-corrected chi connectivity index (χ3v) is 9.80. The van der Waals surface area contributed by atoms with Crippen molar-refractivity contribution >= 4 is 43.5 Å². The highest BCUT2D eigenvalue weighted by Gasteiger charge is 2.22. The minimum absolute atomic E-state index is 0.893. The minimum Gasteiger partial charge on any atom is -0.245 e. The molecule has 0 N–H and O–H groups in total. The van der Waals surface area contributed by atoms with E-state index in [1.165, 1.54) is 0 Å². The van der Waals surface area contributed by atoms with Gasteiger partial charge in [0, 0.05) is 38.2 Å². The molecule has 238 valence electrons. The maximum Gasteiger partial charge on any atom is 0.101 e. The average Bonchev–Trinajstić information content (AvgIpc) is 3.62. The molecule has 0 aliphatic carbocycles. The molecule has 4 nitrogen and oxygen atoms in total. The average molecular weight is 651 g/mol. The molecular weight excluding hydrogens is 621 g/mol. The molecule has 0 bridgehead atoms. The molecular formula is C47H30N4. The van der Waals surface area contributed by atoms with E-state index in [0.29, 0.717) is 0 Å². The molecule has 0 aliphatic heterocycles. The van der Waals surface area contributed by atoms with E-state index in [1.54, 1.807) is 0 Å². The molecule has 51 heavy (non-hydrogen) atoms. The predicted molar refractivity (Wildman–Crippen MR) is 211 cm³/mol. The van der Waals surface area contributed by atoms with Gasteiger partial charge in [0.05, 0.1) is 33.6 Å². The van der Waals surface area contributed by atoms with E-state index < -0.39 is 0 Å². The lowest BCUT2D eigenvalue weighted by molar-refractivity contribution is 0.918. The second-order valence-electron chi connectivity index (χ2n) is 12.8. The number of benzene rings is 7. The first-order chi connectivity index (χ1) is 25.3. The molecule has 10 aromatic rings. The molecule has 0 amide bonds. The lowest BCUT2D eigenvalue weighted by Gasteiger charge is -2.14. The van der Waals surface area contributed by atoms with Gasteiger partial charge in [-0.25, -0.2) is 14.6 Å². The zero-order valence-electron chi connectivity index (χ0n) is 27.6. The summed E-state index contributed by atoms with van der Waals surface area (Å²) in [6.45, 7) is 0. The first-order valence-corrected chi connectivity index (χ1v) is 17.2. The van der Waals surface area contributed by atoms with Crippen LogP contribution in [0.1, 0.15) is 0 Å². The molecule has 0 aliphatic rings. The Morgan fingerprint density at radius 3 is 1.61 bits per heavy atom. The molecule has 0 fully saturated rings. The number of rotatable bonds is 5. The van der Waals surface area contributed by atoms with Crippen LogP contribution < -0.4 is 0 Å². The Morgan fingerprint density at radius 1 is 0.392 bits per heavy atom. The van der Waals surface area contributed by atoms with E-state index in [-0.39, 0.29) is 0 Å². The number of para-hydroxylation sites is 1. The van der Waals surface area contributed by atoms with Crippen LogP contribution >= 0.6 is 0 Å². The first-order valence-electron chi connectivity index (χ1n) is 17.2. The summed E-state index contributed by atoms with van der Waals surface area (Å²) in [7, 11) is 0. The van der Waals surface area contributed by atoms with Crippen LogP contribution in [0.3, 0.4) is 0 Å². The van der Waals surface area contributed by atoms with Crippen molar-refractivity contribution in [3.05, 3.63) is 182 Å². The standard InChI is InChI=1S/C47H30N4/c1-5-14-31(15-6-1)39-30-40-37(42-29-27-35-25-24-34-26-28-41(32-16-7-2-8-17-32)48-45(34)46(35)49-42)22-13-23-38(40)47-43(39)44(33-18-9-3-10-19-33)50-51(47)36-20-11-4-12-21-36/h1-30H. The summed E-state index contributed by atoms with van der Waals surface area (Å²) in [6, 6.07) is 63.6. The highest BCUT2D eigenvalue weighted by molar-refractivity contribution is 6.20. The molecule has 4 heteroatoms. The number of fused-ring (bicyclic) bond motifs is 6. The van der Waals surface area contributed by atoms with E-state index >= 15 is 0 Å². The molecule has 0 atom stereocenters. The lowest BCUT2D eigenvalue weighted by atomic mass is 9.91. The number of pyridine rings is 2. The Labute approximate surface area is 294 Å². The number of nitrogens with zero attached hydrogens (tertiary/aromatic N) is 4. The molecule has 0 radical (unpaired) electrons. The predicted octanol–water partition coefficient (Wildman–Crippen LogP) is 11.9. The number of aromatic nitrogens is 4. The monoisotopic (exact) mass is 650 g/mol. The first kappa shape index (κ1) is 29.0. The van der Waals surface area contributed by atoms with Gasteiger partial charge in [0.2, 0.25) is 0 Å². The van der Waals surface area contributed by atoms with Crippen LogP contribution in [0.4, 0.5) is 0 Å². The Bertz CT molecular complexity index is 2880. The van der Waals surface area contributed by atoms with Gasteiger partial charge in [-0.05, 0) is 46.8 Å².